The van der Waals surface area contributed by atoms with E-state index in [0.29, 0.717) is 6.42 Å². The molecule has 0 fully saturated rings. The molecule has 4 nitrogen and oxygen atoms in total. The third-order valence-electron chi connectivity index (χ3n) is 0.963. The third kappa shape index (κ3) is 3.91. The van der Waals surface area contributed by atoms with E-state index in [1.807, 2.05) is 6.92 Å². The number of amides is 1. The van der Waals surface area contributed by atoms with Crippen LogP contribution in [0.2, 0.25) is 0 Å². The maximum Gasteiger partial charge on any atom is 0.428 e. The molecular weight excluding hydrogens is 134 g/mol. The zero-order valence-electron chi connectivity index (χ0n) is 5.83. The lowest BCUT2D eigenvalue weighted by Crippen LogP contribution is -2.26. The van der Waals surface area contributed by atoms with Crippen LogP contribution in [0.3, 0.4) is 0 Å². The first kappa shape index (κ1) is 8.97. The van der Waals surface area contributed by atoms with Gasteiger partial charge in [0.05, 0.1) is 0 Å². The Morgan fingerprint density at radius 1 is 2.00 bits per heavy atom. The first-order valence-corrected chi connectivity index (χ1v) is 2.97. The highest BCUT2D eigenvalue weighted by Gasteiger charge is 2.01. The summed E-state index contributed by atoms with van der Waals surface area (Å²) in [5.41, 5.74) is 1.79. The van der Waals surface area contributed by atoms with Crippen molar-refractivity contribution in [3.05, 3.63) is 12.7 Å². The van der Waals surface area contributed by atoms with E-state index in [2.05, 4.69) is 11.4 Å². The van der Waals surface area contributed by atoms with Gasteiger partial charge in [-0.1, -0.05) is 13.0 Å². The van der Waals surface area contributed by atoms with Crippen LogP contribution in [-0.2, 0) is 4.84 Å². The smallest absolute Gasteiger partial charge is 0.428 e. The van der Waals surface area contributed by atoms with E-state index in [9.17, 15) is 4.79 Å². The van der Waals surface area contributed by atoms with Crippen molar-refractivity contribution in [2.45, 2.75) is 19.4 Å². The average Bonchev–Trinajstić information content (AvgIpc) is 1.90. The summed E-state index contributed by atoms with van der Waals surface area (Å²) in [5, 5.41) is 8.08. The predicted molar refractivity (Wildman–Crippen MR) is 36.5 cm³/mol. The van der Waals surface area contributed by atoms with Crippen molar-refractivity contribution in [2.24, 2.45) is 0 Å². The van der Waals surface area contributed by atoms with E-state index in [4.69, 9.17) is 5.11 Å². The quantitative estimate of drug-likeness (QED) is 0.461. The van der Waals surface area contributed by atoms with Gasteiger partial charge in [0.1, 0.15) is 6.10 Å². The molecule has 2 N–H and O–H groups in total. The molecule has 0 aromatic carbocycles. The maximum absolute atomic E-state index is 9.87. The molecule has 1 atom stereocenters. The molecule has 0 aliphatic heterocycles. The highest BCUT2D eigenvalue weighted by molar-refractivity contribution is 5.62. The van der Waals surface area contributed by atoms with Gasteiger partial charge in [-0.25, -0.2) is 4.79 Å². The SMILES string of the molecule is C=CC(CC)ONC(=O)O. The second-order valence-electron chi connectivity index (χ2n) is 1.71. The molecule has 0 aliphatic rings. The standard InChI is InChI=1S/C6H11NO3/c1-3-5(4-2)10-7-6(8)9/h3,5,7H,1,4H2,2H3,(H,8,9). The Morgan fingerprint density at radius 2 is 2.60 bits per heavy atom. The van der Waals surface area contributed by atoms with Gasteiger partial charge in [0.25, 0.3) is 0 Å². The van der Waals surface area contributed by atoms with Crippen LogP contribution in [0.5, 0.6) is 0 Å². The Hall–Kier alpha value is -1.03. The average molecular weight is 145 g/mol. The van der Waals surface area contributed by atoms with Gasteiger partial charge in [0, 0.05) is 0 Å². The fraction of sp³-hybridized carbons (Fsp3) is 0.500. The number of hydrogen-bond donors (Lipinski definition) is 2. The van der Waals surface area contributed by atoms with E-state index in [-0.39, 0.29) is 6.10 Å². The van der Waals surface area contributed by atoms with E-state index >= 15 is 0 Å². The summed E-state index contributed by atoms with van der Waals surface area (Å²) in [6.07, 6.45) is 0.802. The van der Waals surface area contributed by atoms with E-state index in [0.717, 1.165) is 0 Å². The lowest BCUT2D eigenvalue weighted by atomic mass is 10.3. The van der Waals surface area contributed by atoms with Crippen LogP contribution in [-0.4, -0.2) is 17.3 Å². The highest BCUT2D eigenvalue weighted by Crippen LogP contribution is 1.94. The molecule has 0 radical (unpaired) electrons. The Kier molecular flexibility index (Phi) is 4.32. The fourth-order valence-electron chi connectivity index (χ4n) is 0.424. The molecule has 0 aliphatic carbocycles. The first-order valence-electron chi connectivity index (χ1n) is 2.97. The summed E-state index contributed by atoms with van der Waals surface area (Å²) in [6, 6.07) is 0. The number of nitrogens with one attached hydrogen (secondary N) is 1. The van der Waals surface area contributed by atoms with Gasteiger partial charge in [-0.05, 0) is 6.42 Å². The summed E-state index contributed by atoms with van der Waals surface area (Å²) in [7, 11) is 0. The molecule has 0 saturated heterocycles. The van der Waals surface area contributed by atoms with Crippen LogP contribution >= 0.6 is 0 Å². The number of hydrogen-bond acceptors (Lipinski definition) is 2. The molecule has 4 heteroatoms. The molecule has 0 heterocycles. The topological polar surface area (TPSA) is 58.6 Å². The third-order valence-corrected chi connectivity index (χ3v) is 0.963. The molecule has 0 rings (SSSR count). The minimum absolute atomic E-state index is 0.240. The molecule has 10 heavy (non-hydrogen) atoms. The molecule has 0 aromatic heterocycles. The van der Waals surface area contributed by atoms with Crippen LogP contribution in [0.15, 0.2) is 12.7 Å². The minimum Gasteiger partial charge on any atom is -0.464 e. The zero-order valence-corrected chi connectivity index (χ0v) is 5.83. The van der Waals surface area contributed by atoms with Gasteiger partial charge in [-0.3, -0.25) is 4.84 Å². The van der Waals surface area contributed by atoms with Crippen LogP contribution in [0, 0.1) is 0 Å². The summed E-state index contributed by atoms with van der Waals surface area (Å²) in [6.45, 7) is 5.32. The second-order valence-corrected chi connectivity index (χ2v) is 1.71. The Bertz CT molecular complexity index is 124. The van der Waals surface area contributed by atoms with Gasteiger partial charge in [0.2, 0.25) is 0 Å². The molecule has 0 bridgehead atoms. The van der Waals surface area contributed by atoms with Crippen molar-refractivity contribution in [2.75, 3.05) is 0 Å². The van der Waals surface area contributed by atoms with Crippen molar-refractivity contribution in [3.8, 4) is 0 Å². The van der Waals surface area contributed by atoms with Gasteiger partial charge in [0.15, 0.2) is 0 Å². The van der Waals surface area contributed by atoms with Crippen LogP contribution in [0.4, 0.5) is 4.79 Å². The van der Waals surface area contributed by atoms with Crippen LogP contribution in [0.1, 0.15) is 13.3 Å². The Labute approximate surface area is 59.4 Å². The van der Waals surface area contributed by atoms with Gasteiger partial charge in [-0.2, -0.15) is 5.48 Å². The molecule has 1 amide bonds. The zero-order chi connectivity index (χ0) is 7.98. The van der Waals surface area contributed by atoms with Crippen LogP contribution in [0.25, 0.3) is 0 Å². The van der Waals surface area contributed by atoms with E-state index < -0.39 is 6.09 Å². The minimum atomic E-state index is -1.19. The molecule has 58 valence electrons. The Morgan fingerprint density at radius 3 is 2.90 bits per heavy atom. The number of rotatable bonds is 4. The van der Waals surface area contributed by atoms with Gasteiger partial charge < -0.3 is 5.11 Å². The summed E-state index contributed by atoms with van der Waals surface area (Å²) >= 11 is 0. The van der Waals surface area contributed by atoms with Crippen molar-refractivity contribution >= 4 is 6.09 Å². The molecular formula is C6H11NO3. The summed E-state index contributed by atoms with van der Waals surface area (Å²) in [4.78, 5) is 14.5. The van der Waals surface area contributed by atoms with Gasteiger partial charge in [-0.15, -0.1) is 6.58 Å². The van der Waals surface area contributed by atoms with Gasteiger partial charge >= 0.3 is 6.09 Å². The second kappa shape index (κ2) is 4.81. The van der Waals surface area contributed by atoms with Crippen molar-refractivity contribution in [1.29, 1.82) is 0 Å². The van der Waals surface area contributed by atoms with Crippen molar-refractivity contribution < 1.29 is 14.7 Å². The van der Waals surface area contributed by atoms with Crippen molar-refractivity contribution in [3.63, 3.8) is 0 Å². The largest absolute Gasteiger partial charge is 0.464 e. The normalized spacial score (nSPS) is 12.1. The first-order chi connectivity index (χ1) is 4.70. The summed E-state index contributed by atoms with van der Waals surface area (Å²) in [5.74, 6) is 0. The highest BCUT2D eigenvalue weighted by atomic mass is 16.7. The fourth-order valence-corrected chi connectivity index (χ4v) is 0.424. The summed E-state index contributed by atoms with van der Waals surface area (Å²) < 4.78 is 0. The van der Waals surface area contributed by atoms with E-state index in [1.54, 1.807) is 5.48 Å². The lowest BCUT2D eigenvalue weighted by Gasteiger charge is -2.08. The molecule has 1 unspecified atom stereocenters. The maximum atomic E-state index is 9.87. The lowest BCUT2D eigenvalue weighted by molar-refractivity contribution is 0.00617. The predicted octanol–water partition coefficient (Wildman–Crippen LogP) is 1.15. The number of hydroxylamine groups is 1. The van der Waals surface area contributed by atoms with Crippen molar-refractivity contribution in [1.82, 2.24) is 5.48 Å². The number of carbonyl (C=O) groups is 1. The molecule has 0 saturated carbocycles. The molecule has 0 aromatic rings. The number of carboxylic acid groups (broad SMARTS) is 1. The molecule has 0 spiro atoms. The van der Waals surface area contributed by atoms with Crippen LogP contribution < -0.4 is 5.48 Å². The monoisotopic (exact) mass is 145 g/mol. The Balaban J connectivity index is 3.44. The van der Waals surface area contributed by atoms with E-state index in [1.165, 1.54) is 6.08 Å².